The number of carboxylic acids is 1. The Morgan fingerprint density at radius 3 is 2.78 bits per heavy atom. The summed E-state index contributed by atoms with van der Waals surface area (Å²) in [5.41, 5.74) is 7.55. The zero-order valence-corrected chi connectivity index (χ0v) is 10.2. The number of nitrogens with zero attached hydrogens (tertiary/aromatic N) is 1. The van der Waals surface area contributed by atoms with Crippen molar-refractivity contribution in [2.45, 2.75) is 25.8 Å². The van der Waals surface area contributed by atoms with Crippen molar-refractivity contribution in [2.24, 2.45) is 5.73 Å². The highest BCUT2D eigenvalue weighted by atomic mass is 16.4. The van der Waals surface area contributed by atoms with Crippen LogP contribution in [0.1, 0.15) is 29.3 Å². The fourth-order valence-corrected chi connectivity index (χ4v) is 2.20. The molecule has 1 atom stereocenters. The zero-order valence-electron chi connectivity index (χ0n) is 10.2. The molecule has 0 aromatic heterocycles. The van der Waals surface area contributed by atoms with Crippen molar-refractivity contribution in [3.8, 4) is 0 Å². The Hall–Kier alpha value is -1.88. The van der Waals surface area contributed by atoms with E-state index in [9.17, 15) is 9.59 Å². The van der Waals surface area contributed by atoms with Crippen LogP contribution < -0.4 is 10.6 Å². The summed E-state index contributed by atoms with van der Waals surface area (Å²) in [5.74, 6) is -1.08. The van der Waals surface area contributed by atoms with E-state index < -0.39 is 12.0 Å². The highest BCUT2D eigenvalue weighted by molar-refractivity contribution is 5.98. The molecule has 3 N–H and O–H groups in total. The van der Waals surface area contributed by atoms with Crippen LogP contribution in [0, 0.1) is 0 Å². The molecule has 0 spiro atoms. The van der Waals surface area contributed by atoms with Gasteiger partial charge in [-0.25, -0.2) is 4.79 Å². The molecule has 96 valence electrons. The Kier molecular flexibility index (Phi) is 3.34. The molecule has 1 heterocycles. The molecular formula is C13H16N2O3. The quantitative estimate of drug-likeness (QED) is 0.818. The second-order valence-corrected chi connectivity index (χ2v) is 4.53. The molecule has 0 radical (unpaired) electrons. The molecule has 1 aromatic rings. The van der Waals surface area contributed by atoms with Crippen LogP contribution in [0.5, 0.6) is 0 Å². The summed E-state index contributed by atoms with van der Waals surface area (Å²) >= 11 is 0. The molecule has 0 saturated heterocycles. The van der Waals surface area contributed by atoms with Crippen LogP contribution in [0.3, 0.4) is 0 Å². The van der Waals surface area contributed by atoms with E-state index in [4.69, 9.17) is 10.8 Å². The Labute approximate surface area is 105 Å². The number of hydrogen-bond donors (Lipinski definition) is 2. The van der Waals surface area contributed by atoms with Crippen LogP contribution in [0.25, 0.3) is 0 Å². The van der Waals surface area contributed by atoms with E-state index in [2.05, 4.69) is 0 Å². The summed E-state index contributed by atoms with van der Waals surface area (Å²) in [6, 6.07) is 4.31. The predicted octanol–water partition coefficient (Wildman–Crippen LogP) is 1.01. The Bertz CT molecular complexity index is 497. The molecular weight excluding hydrogens is 232 g/mol. The van der Waals surface area contributed by atoms with Gasteiger partial charge in [0.25, 0.3) is 0 Å². The minimum Gasteiger partial charge on any atom is -0.478 e. The van der Waals surface area contributed by atoms with E-state index in [-0.39, 0.29) is 11.5 Å². The summed E-state index contributed by atoms with van der Waals surface area (Å²) in [7, 11) is 0. The van der Waals surface area contributed by atoms with E-state index in [0.717, 1.165) is 24.1 Å². The number of nitrogens with two attached hydrogens (primary N) is 1. The normalized spacial score (nSPS) is 16.0. The van der Waals surface area contributed by atoms with E-state index >= 15 is 0 Å². The first-order chi connectivity index (χ1) is 8.50. The van der Waals surface area contributed by atoms with Crippen molar-refractivity contribution in [2.75, 3.05) is 11.4 Å². The molecule has 1 amide bonds. The minimum atomic E-state index is -0.951. The maximum absolute atomic E-state index is 12.0. The molecule has 0 fully saturated rings. The van der Waals surface area contributed by atoms with Crippen molar-refractivity contribution >= 4 is 17.6 Å². The number of aryl methyl sites for hydroxylation is 1. The van der Waals surface area contributed by atoms with Gasteiger partial charge in [-0.3, -0.25) is 4.79 Å². The highest BCUT2D eigenvalue weighted by Crippen LogP contribution is 2.28. The van der Waals surface area contributed by atoms with Crippen molar-refractivity contribution in [3.05, 3.63) is 29.3 Å². The van der Waals surface area contributed by atoms with Gasteiger partial charge in [0, 0.05) is 12.2 Å². The van der Waals surface area contributed by atoms with Crippen LogP contribution in [0.2, 0.25) is 0 Å². The average molecular weight is 248 g/mol. The van der Waals surface area contributed by atoms with Crippen LogP contribution in [-0.4, -0.2) is 29.6 Å². The predicted molar refractivity (Wildman–Crippen MR) is 67.7 cm³/mol. The monoisotopic (exact) mass is 248 g/mol. The molecule has 5 nitrogen and oxygen atoms in total. The maximum atomic E-state index is 12.0. The third-order valence-corrected chi connectivity index (χ3v) is 3.10. The number of carbonyl (C=O) groups excluding carboxylic acids is 1. The topological polar surface area (TPSA) is 83.6 Å². The number of carbonyl (C=O) groups is 2. The lowest BCUT2D eigenvalue weighted by molar-refractivity contribution is -0.119. The summed E-state index contributed by atoms with van der Waals surface area (Å²) in [6.45, 7) is 2.29. The van der Waals surface area contributed by atoms with Gasteiger partial charge in [-0.1, -0.05) is 0 Å². The van der Waals surface area contributed by atoms with Gasteiger partial charge in [0.2, 0.25) is 5.91 Å². The van der Waals surface area contributed by atoms with E-state index in [1.165, 1.54) is 6.07 Å². The molecule has 1 aliphatic rings. The first kappa shape index (κ1) is 12.6. The van der Waals surface area contributed by atoms with E-state index in [1.54, 1.807) is 24.0 Å². The van der Waals surface area contributed by atoms with Crippen LogP contribution in [0.4, 0.5) is 5.69 Å². The second-order valence-electron chi connectivity index (χ2n) is 4.53. The standard InChI is InChI=1S/C13H16N2O3/c1-8(14)12(16)15-6-2-3-9-7-10(13(17)18)4-5-11(9)15/h4-5,7-8H,2-3,6,14H2,1H3,(H,17,18)/t8-/m0/s1. The number of anilines is 1. The summed E-state index contributed by atoms with van der Waals surface area (Å²) < 4.78 is 0. The van der Waals surface area contributed by atoms with Gasteiger partial charge in [-0.2, -0.15) is 0 Å². The highest BCUT2D eigenvalue weighted by Gasteiger charge is 2.25. The maximum Gasteiger partial charge on any atom is 0.335 e. The first-order valence-corrected chi connectivity index (χ1v) is 5.94. The van der Waals surface area contributed by atoms with Gasteiger partial charge in [0.05, 0.1) is 11.6 Å². The molecule has 1 aliphatic heterocycles. The lowest BCUT2D eigenvalue weighted by Gasteiger charge is -2.30. The van der Waals surface area contributed by atoms with Gasteiger partial charge < -0.3 is 15.7 Å². The molecule has 0 bridgehead atoms. The number of carboxylic acid groups (broad SMARTS) is 1. The molecule has 18 heavy (non-hydrogen) atoms. The zero-order chi connectivity index (χ0) is 13.3. The van der Waals surface area contributed by atoms with Gasteiger partial charge in [-0.05, 0) is 43.5 Å². The van der Waals surface area contributed by atoms with Gasteiger partial charge in [0.15, 0.2) is 0 Å². The molecule has 2 rings (SSSR count). The summed E-state index contributed by atoms with van der Waals surface area (Å²) in [6.07, 6.45) is 1.62. The fraction of sp³-hybridized carbons (Fsp3) is 0.385. The lowest BCUT2D eigenvalue weighted by Crippen LogP contribution is -2.44. The summed E-state index contributed by atoms with van der Waals surface area (Å²) in [5, 5.41) is 8.95. The average Bonchev–Trinajstić information content (AvgIpc) is 2.36. The molecule has 1 aromatic carbocycles. The third kappa shape index (κ3) is 2.22. The van der Waals surface area contributed by atoms with Gasteiger partial charge in [0.1, 0.15) is 0 Å². The second kappa shape index (κ2) is 4.78. The fourth-order valence-electron chi connectivity index (χ4n) is 2.20. The Morgan fingerprint density at radius 1 is 1.44 bits per heavy atom. The molecule has 5 heteroatoms. The number of amides is 1. The van der Waals surface area contributed by atoms with E-state index in [1.807, 2.05) is 0 Å². The van der Waals surface area contributed by atoms with Crippen molar-refractivity contribution in [3.63, 3.8) is 0 Å². The van der Waals surface area contributed by atoms with Crippen LogP contribution in [-0.2, 0) is 11.2 Å². The smallest absolute Gasteiger partial charge is 0.335 e. The number of benzene rings is 1. The van der Waals surface area contributed by atoms with Crippen LogP contribution in [0.15, 0.2) is 18.2 Å². The number of fused-ring (bicyclic) bond motifs is 1. The summed E-state index contributed by atoms with van der Waals surface area (Å²) in [4.78, 5) is 24.5. The number of aromatic carboxylic acids is 1. The Morgan fingerprint density at radius 2 is 2.17 bits per heavy atom. The SMILES string of the molecule is C[C@H](N)C(=O)N1CCCc2cc(C(=O)O)ccc21. The van der Waals surface area contributed by atoms with Crippen molar-refractivity contribution in [1.29, 1.82) is 0 Å². The molecule has 0 unspecified atom stereocenters. The van der Waals surface area contributed by atoms with Gasteiger partial charge in [-0.15, -0.1) is 0 Å². The minimum absolute atomic E-state index is 0.126. The van der Waals surface area contributed by atoms with Gasteiger partial charge >= 0.3 is 5.97 Å². The lowest BCUT2D eigenvalue weighted by atomic mass is 9.98. The van der Waals surface area contributed by atoms with Crippen molar-refractivity contribution in [1.82, 2.24) is 0 Å². The number of rotatable bonds is 2. The third-order valence-electron chi connectivity index (χ3n) is 3.10. The van der Waals surface area contributed by atoms with E-state index in [0.29, 0.717) is 6.54 Å². The van der Waals surface area contributed by atoms with Crippen LogP contribution >= 0.6 is 0 Å². The number of hydrogen-bond acceptors (Lipinski definition) is 3. The Balaban J connectivity index is 2.39. The largest absolute Gasteiger partial charge is 0.478 e. The molecule has 0 saturated carbocycles. The van der Waals surface area contributed by atoms with Crippen molar-refractivity contribution < 1.29 is 14.7 Å². The molecule has 0 aliphatic carbocycles. The first-order valence-electron chi connectivity index (χ1n) is 5.94.